The summed E-state index contributed by atoms with van der Waals surface area (Å²) in [5.74, 6) is 0. The van der Waals surface area contributed by atoms with Crippen molar-refractivity contribution in [3.8, 4) is 0 Å². The third-order valence-corrected chi connectivity index (χ3v) is 130. The Labute approximate surface area is 217 Å². The summed E-state index contributed by atoms with van der Waals surface area (Å²) in [7, 11) is -28.1. The second-order valence-corrected chi connectivity index (χ2v) is 91.0. The summed E-state index contributed by atoms with van der Waals surface area (Å²) < 4.78 is 44.0. The Hall–Kier alpha value is 2.36. The fraction of sp³-hybridized carbons (Fsp3) is 1.00. The molecule has 0 aromatic carbocycles. The Morgan fingerprint density at radius 1 is 0.818 bits per heavy atom. The lowest BCUT2D eigenvalue weighted by atomic mass is 11.8. The summed E-state index contributed by atoms with van der Waals surface area (Å²) in [6.07, 6.45) is 0. The van der Waals surface area contributed by atoms with Gasteiger partial charge in [0.05, 0.1) is 9.76 Å². The first-order valence-electron chi connectivity index (χ1n) is 10.2. The third-order valence-electron chi connectivity index (χ3n) is 5.83. The molecular weight excluding hydrogens is 673 g/mol. The van der Waals surface area contributed by atoms with E-state index in [-0.39, 0.29) is 9.76 Å². The molecule has 0 spiro atoms. The fourth-order valence-corrected chi connectivity index (χ4v) is 184. The lowest BCUT2D eigenvalue weighted by molar-refractivity contribution is 0.306. The van der Waals surface area contributed by atoms with E-state index in [1.165, 1.54) is 7.11 Å². The zero-order valence-electron chi connectivity index (χ0n) is 20.3. The molecule has 0 radical (unpaired) electrons. The maximum absolute atomic E-state index is 12.8. The molecule has 0 aliphatic carbocycles. The van der Waals surface area contributed by atoms with Gasteiger partial charge in [0.25, 0.3) is 42.0 Å². The molecule has 0 aliphatic heterocycles. The Morgan fingerprint density at radius 2 is 1.30 bits per heavy atom. The van der Waals surface area contributed by atoms with Crippen molar-refractivity contribution in [3.05, 3.63) is 0 Å². The molecule has 3 unspecified atom stereocenters. The fourth-order valence-electron chi connectivity index (χ4n) is 3.31. The number of hydrogen-bond donors (Lipinski definition) is 7. The highest BCUT2D eigenvalue weighted by Gasteiger charge is 2.81. The van der Waals surface area contributed by atoms with Crippen LogP contribution in [0.4, 0.5) is 0 Å². The van der Waals surface area contributed by atoms with Crippen LogP contribution in [-0.2, 0) is 25.3 Å². The van der Waals surface area contributed by atoms with Crippen molar-refractivity contribution < 1.29 is 58.9 Å². The summed E-state index contributed by atoms with van der Waals surface area (Å²) in [6, 6.07) is 0. The molecule has 27 heteroatoms. The molecule has 0 bridgehead atoms. The van der Waals surface area contributed by atoms with Crippen molar-refractivity contribution in [2.45, 2.75) is 32.7 Å². The number of hydrogen-bond acceptors (Lipinski definition) is 13. The van der Waals surface area contributed by atoms with Gasteiger partial charge in [0.1, 0.15) is 0 Å². The summed E-state index contributed by atoms with van der Waals surface area (Å²) in [4.78, 5) is 74.5. The van der Waals surface area contributed by atoms with Crippen molar-refractivity contribution in [3.63, 3.8) is 0 Å². The van der Waals surface area contributed by atoms with Crippen molar-refractivity contribution >= 4 is 120 Å². The molecule has 7 N–H and O–H groups in total. The van der Waals surface area contributed by atoms with Crippen LogP contribution in [0.2, 0.25) is 32.7 Å². The van der Waals surface area contributed by atoms with E-state index in [1.807, 2.05) is 0 Å². The first kappa shape index (κ1) is 35.4. The number of rotatable bonds is 17. The predicted molar refractivity (Wildman–Crippen MR) is 158 cm³/mol. The molecular formula is C6H40O13Si14. The maximum Gasteiger partial charge on any atom is 0.337 e. The first-order chi connectivity index (χ1) is 15.0. The third kappa shape index (κ3) is 7.27. The molecule has 0 saturated heterocycles. The van der Waals surface area contributed by atoms with Crippen LogP contribution in [0.15, 0.2) is 0 Å². The average Bonchev–Trinajstić information content (AvgIpc) is 2.73. The Bertz CT molecular complexity index is 627. The SMILES string of the molecule is CO[Si]([SiH3])(O[Si](O[Si](C)(C)[Si](C)=O)([Si](O[SiH2]O)([SiH2]O)[SiH2]O)[Si](O[SiH2]O)([SiH2]O)[Si](C)(C)O)[SiH2]O. The lowest BCUT2D eigenvalue weighted by Crippen LogP contribution is -2.97. The van der Waals surface area contributed by atoms with Crippen molar-refractivity contribution in [2.24, 2.45) is 0 Å². The Morgan fingerprint density at radius 3 is 1.58 bits per heavy atom. The van der Waals surface area contributed by atoms with Crippen molar-refractivity contribution in [1.82, 2.24) is 0 Å². The Kier molecular flexibility index (Phi) is 14.9. The zero-order valence-corrected chi connectivity index (χ0v) is 37.8. The van der Waals surface area contributed by atoms with Crippen LogP contribution in [0.1, 0.15) is 0 Å². The molecule has 0 saturated carbocycles. The van der Waals surface area contributed by atoms with E-state index in [2.05, 4.69) is 0 Å². The maximum atomic E-state index is 12.8. The second kappa shape index (κ2) is 13.9. The van der Waals surface area contributed by atoms with E-state index >= 15 is 0 Å². The van der Waals surface area contributed by atoms with Gasteiger partial charge in [0.2, 0.25) is 25.0 Å². The van der Waals surface area contributed by atoms with Crippen molar-refractivity contribution in [1.29, 1.82) is 0 Å². The molecule has 0 heterocycles. The normalized spacial score (nSPS) is 22.7. The van der Waals surface area contributed by atoms with Crippen LogP contribution >= 0.6 is 0 Å². The Balaban J connectivity index is 7.95. The van der Waals surface area contributed by atoms with Gasteiger partial charge in [-0.3, -0.25) is 0 Å². The van der Waals surface area contributed by atoms with Gasteiger partial charge < -0.3 is 58.9 Å². The molecule has 0 aliphatic rings. The summed E-state index contributed by atoms with van der Waals surface area (Å²) in [5.41, 5.74) is 0. The highest BCUT2D eigenvalue weighted by atomic mass is 30.2. The molecule has 0 fully saturated rings. The predicted octanol–water partition coefficient (Wildman–Crippen LogP) is -10.6. The minimum absolute atomic E-state index is 0.281. The van der Waals surface area contributed by atoms with E-state index in [0.29, 0.717) is 0 Å². The van der Waals surface area contributed by atoms with Gasteiger partial charge >= 0.3 is 15.2 Å². The standard InChI is InChI=1S/C6H40O13Si14/c1-15-30(20,23-9)19-31(18-29(5,6)27(2)13,32(24-10,25-11)16-21-7)33(26-12,17-22-8)28(3,4)14/h7-12,14H,21-26H2,1-6,20H3. The topological polar surface area (TPSA) is 205 Å². The molecule has 0 rings (SSSR count). The van der Waals surface area contributed by atoms with Gasteiger partial charge in [-0.2, -0.15) is 0 Å². The average molecular weight is 714 g/mol. The van der Waals surface area contributed by atoms with Gasteiger partial charge in [-0.05, 0) is 32.7 Å². The van der Waals surface area contributed by atoms with Crippen LogP contribution in [0.5, 0.6) is 0 Å². The van der Waals surface area contributed by atoms with Crippen molar-refractivity contribution in [2.75, 3.05) is 7.11 Å². The minimum Gasteiger partial charge on any atom is -0.440 e. The smallest absolute Gasteiger partial charge is 0.337 e. The largest absolute Gasteiger partial charge is 0.440 e. The second-order valence-electron chi connectivity index (χ2n) is 8.78. The van der Waals surface area contributed by atoms with Crippen LogP contribution in [0.25, 0.3) is 0 Å². The molecule has 3 atom stereocenters. The van der Waals surface area contributed by atoms with Gasteiger partial charge in [0.15, 0.2) is 27.8 Å². The van der Waals surface area contributed by atoms with E-state index in [4.69, 9.17) is 20.9 Å². The van der Waals surface area contributed by atoms with Crippen LogP contribution in [-0.4, -0.2) is 160 Å². The van der Waals surface area contributed by atoms with Crippen LogP contribution in [0.3, 0.4) is 0 Å². The minimum atomic E-state index is -4.34. The summed E-state index contributed by atoms with van der Waals surface area (Å²) >= 11 is 0. The van der Waals surface area contributed by atoms with E-state index in [9.17, 15) is 38.0 Å². The summed E-state index contributed by atoms with van der Waals surface area (Å²) in [6.45, 7) is 0.246. The van der Waals surface area contributed by atoms with Gasteiger partial charge in [0, 0.05) is 7.11 Å². The first-order valence-corrected chi connectivity index (χ1v) is 47.1. The monoisotopic (exact) mass is 712 g/mol. The molecule has 33 heavy (non-hydrogen) atoms. The van der Waals surface area contributed by atoms with E-state index in [1.54, 1.807) is 32.7 Å². The van der Waals surface area contributed by atoms with Crippen LogP contribution in [0, 0.1) is 0 Å². The van der Waals surface area contributed by atoms with Gasteiger partial charge in [-0.1, -0.05) is 0 Å². The lowest BCUT2D eigenvalue weighted by Gasteiger charge is -2.58. The molecule has 0 aromatic rings. The van der Waals surface area contributed by atoms with E-state index < -0.39 is 110 Å². The van der Waals surface area contributed by atoms with Gasteiger partial charge in [-0.25, -0.2) is 0 Å². The molecule has 0 amide bonds. The van der Waals surface area contributed by atoms with E-state index in [0.717, 1.165) is 0 Å². The van der Waals surface area contributed by atoms with Crippen LogP contribution < -0.4 is 0 Å². The molecule has 13 nitrogen and oxygen atoms in total. The summed E-state index contributed by atoms with van der Waals surface area (Å²) in [5, 5.41) is 0. The molecule has 0 aromatic heterocycles. The highest BCUT2D eigenvalue weighted by Crippen LogP contribution is 2.38. The van der Waals surface area contributed by atoms with Gasteiger partial charge in [-0.15, -0.1) is 0 Å². The zero-order chi connectivity index (χ0) is 26.4. The molecule has 198 valence electrons. The highest BCUT2D eigenvalue weighted by molar-refractivity contribution is 7.99. The quantitative estimate of drug-likeness (QED) is 0.0701.